The van der Waals surface area contributed by atoms with Crippen molar-refractivity contribution in [3.63, 3.8) is 0 Å². The molecule has 3 amide bonds. The molecule has 2 heterocycles. The van der Waals surface area contributed by atoms with Gasteiger partial charge in [0.05, 0.1) is 17.7 Å². The van der Waals surface area contributed by atoms with Crippen LogP contribution < -0.4 is 16.0 Å². The average Bonchev–Trinajstić information content (AvgIpc) is 2.95. The number of anilines is 2. The molecule has 0 saturated heterocycles. The largest absolute Gasteiger partial charge is 0.340 e. The van der Waals surface area contributed by atoms with Crippen molar-refractivity contribution < 1.29 is 14.4 Å². The SMILES string of the molecule is O=C(C[C@@H]1NC(=O)c2ccccc2NC1=O)Nc1nncs1. The van der Waals surface area contributed by atoms with E-state index in [9.17, 15) is 14.4 Å². The second-order valence-electron chi connectivity index (χ2n) is 4.56. The Morgan fingerprint density at radius 1 is 1.32 bits per heavy atom. The molecule has 0 unspecified atom stereocenters. The summed E-state index contributed by atoms with van der Waals surface area (Å²) in [6.07, 6.45) is -0.189. The Morgan fingerprint density at radius 3 is 2.91 bits per heavy atom. The van der Waals surface area contributed by atoms with Crippen LogP contribution in [0.2, 0.25) is 0 Å². The monoisotopic (exact) mass is 317 g/mol. The normalized spacial score (nSPS) is 17.0. The van der Waals surface area contributed by atoms with Crippen molar-refractivity contribution in [1.29, 1.82) is 0 Å². The van der Waals surface area contributed by atoms with Gasteiger partial charge in [0.15, 0.2) is 0 Å². The minimum absolute atomic E-state index is 0.189. The zero-order valence-corrected chi connectivity index (χ0v) is 12.0. The van der Waals surface area contributed by atoms with Crippen molar-refractivity contribution in [2.24, 2.45) is 0 Å². The third-order valence-corrected chi connectivity index (χ3v) is 3.65. The zero-order chi connectivity index (χ0) is 15.5. The summed E-state index contributed by atoms with van der Waals surface area (Å²) in [6, 6.07) is 5.71. The number of nitrogens with one attached hydrogen (secondary N) is 3. The predicted octanol–water partition coefficient (Wildman–Crippen LogP) is 0.617. The Hall–Kier alpha value is -2.81. The standard InChI is InChI=1S/C13H11N5O3S/c19-10(17-13-18-14-6-22-13)5-9-12(21)15-8-4-2-1-3-7(8)11(20)16-9/h1-4,6,9H,5H2,(H,15,21)(H,16,20)(H,17,18,19)/t9-/m0/s1. The van der Waals surface area contributed by atoms with Crippen molar-refractivity contribution in [1.82, 2.24) is 15.5 Å². The lowest BCUT2D eigenvalue weighted by Gasteiger charge is -2.13. The highest BCUT2D eigenvalue weighted by Crippen LogP contribution is 2.19. The van der Waals surface area contributed by atoms with Gasteiger partial charge in [-0.25, -0.2) is 0 Å². The molecule has 3 rings (SSSR count). The number of carbonyl (C=O) groups is 3. The summed E-state index contributed by atoms with van der Waals surface area (Å²) in [5, 5.41) is 15.3. The van der Waals surface area contributed by atoms with Gasteiger partial charge >= 0.3 is 0 Å². The number of para-hydroxylation sites is 1. The molecule has 0 bridgehead atoms. The molecular weight excluding hydrogens is 306 g/mol. The highest BCUT2D eigenvalue weighted by molar-refractivity contribution is 7.13. The fraction of sp³-hybridized carbons (Fsp3) is 0.154. The number of fused-ring (bicyclic) bond motifs is 1. The van der Waals surface area contributed by atoms with Gasteiger partial charge in [0.25, 0.3) is 5.91 Å². The molecule has 1 atom stereocenters. The first-order chi connectivity index (χ1) is 10.6. The molecule has 0 fully saturated rings. The minimum atomic E-state index is -0.951. The molecule has 0 radical (unpaired) electrons. The molecule has 112 valence electrons. The quantitative estimate of drug-likeness (QED) is 0.768. The maximum Gasteiger partial charge on any atom is 0.254 e. The first kappa shape index (κ1) is 14.1. The van der Waals surface area contributed by atoms with E-state index in [1.165, 1.54) is 16.8 Å². The molecule has 3 N–H and O–H groups in total. The van der Waals surface area contributed by atoms with Crippen LogP contribution in [0.4, 0.5) is 10.8 Å². The molecule has 8 nitrogen and oxygen atoms in total. The van der Waals surface area contributed by atoms with E-state index in [2.05, 4.69) is 26.1 Å². The molecule has 22 heavy (non-hydrogen) atoms. The van der Waals surface area contributed by atoms with E-state index < -0.39 is 23.8 Å². The number of rotatable bonds is 3. The van der Waals surface area contributed by atoms with E-state index in [0.29, 0.717) is 16.4 Å². The van der Waals surface area contributed by atoms with Gasteiger partial charge in [-0.05, 0) is 12.1 Å². The van der Waals surface area contributed by atoms with Gasteiger partial charge < -0.3 is 16.0 Å². The van der Waals surface area contributed by atoms with E-state index in [4.69, 9.17) is 0 Å². The molecule has 0 spiro atoms. The van der Waals surface area contributed by atoms with Crippen LogP contribution in [0.25, 0.3) is 0 Å². The molecular formula is C13H11N5O3S. The Bertz CT molecular complexity index is 731. The molecule has 0 saturated carbocycles. The summed E-state index contributed by atoms with van der Waals surface area (Å²) in [5.74, 6) is -1.27. The number of hydrogen-bond acceptors (Lipinski definition) is 6. The molecule has 0 aliphatic carbocycles. The third-order valence-electron chi connectivity index (χ3n) is 3.05. The topological polar surface area (TPSA) is 113 Å². The van der Waals surface area contributed by atoms with Crippen LogP contribution in [0.1, 0.15) is 16.8 Å². The summed E-state index contributed by atoms with van der Waals surface area (Å²) >= 11 is 1.17. The fourth-order valence-electron chi connectivity index (χ4n) is 2.04. The van der Waals surface area contributed by atoms with Gasteiger partial charge in [-0.2, -0.15) is 0 Å². The van der Waals surface area contributed by atoms with E-state index >= 15 is 0 Å². The van der Waals surface area contributed by atoms with Crippen LogP contribution >= 0.6 is 11.3 Å². The van der Waals surface area contributed by atoms with Gasteiger partial charge in [0.2, 0.25) is 16.9 Å². The molecule has 1 aliphatic rings. The zero-order valence-electron chi connectivity index (χ0n) is 11.2. The second-order valence-corrected chi connectivity index (χ2v) is 5.39. The van der Waals surface area contributed by atoms with E-state index in [1.54, 1.807) is 24.3 Å². The van der Waals surface area contributed by atoms with Crippen LogP contribution in [0, 0.1) is 0 Å². The maximum absolute atomic E-state index is 12.1. The minimum Gasteiger partial charge on any atom is -0.340 e. The Labute approximate surface area is 128 Å². The highest BCUT2D eigenvalue weighted by Gasteiger charge is 2.29. The van der Waals surface area contributed by atoms with Crippen LogP contribution in [0.15, 0.2) is 29.8 Å². The van der Waals surface area contributed by atoms with Gasteiger partial charge in [0, 0.05) is 0 Å². The Morgan fingerprint density at radius 2 is 2.14 bits per heavy atom. The summed E-state index contributed by atoms with van der Waals surface area (Å²) in [7, 11) is 0. The number of carbonyl (C=O) groups excluding carboxylic acids is 3. The molecule has 1 aliphatic heterocycles. The molecule has 2 aromatic rings. The van der Waals surface area contributed by atoms with Crippen molar-refractivity contribution in [2.75, 3.05) is 10.6 Å². The van der Waals surface area contributed by atoms with Crippen molar-refractivity contribution in [3.05, 3.63) is 35.3 Å². The van der Waals surface area contributed by atoms with Crippen molar-refractivity contribution >= 4 is 39.9 Å². The van der Waals surface area contributed by atoms with Crippen LogP contribution in [0.5, 0.6) is 0 Å². The van der Waals surface area contributed by atoms with Crippen LogP contribution in [0.3, 0.4) is 0 Å². The predicted molar refractivity (Wildman–Crippen MR) is 79.5 cm³/mol. The number of nitrogens with zero attached hydrogens (tertiary/aromatic N) is 2. The summed E-state index contributed by atoms with van der Waals surface area (Å²) < 4.78 is 0. The summed E-state index contributed by atoms with van der Waals surface area (Å²) in [6.45, 7) is 0. The number of benzene rings is 1. The van der Waals surface area contributed by atoms with E-state index in [0.717, 1.165) is 0 Å². The molecule has 1 aromatic heterocycles. The van der Waals surface area contributed by atoms with Crippen molar-refractivity contribution in [2.45, 2.75) is 12.5 Å². The van der Waals surface area contributed by atoms with Crippen LogP contribution in [-0.2, 0) is 9.59 Å². The van der Waals surface area contributed by atoms with E-state index in [-0.39, 0.29) is 6.42 Å². The molecule has 1 aromatic carbocycles. The van der Waals surface area contributed by atoms with E-state index in [1.807, 2.05) is 0 Å². The van der Waals surface area contributed by atoms with Crippen molar-refractivity contribution in [3.8, 4) is 0 Å². The van der Waals surface area contributed by atoms with Crippen LogP contribution in [-0.4, -0.2) is 34.0 Å². The Kier molecular flexibility index (Phi) is 3.79. The van der Waals surface area contributed by atoms with Gasteiger partial charge in [-0.1, -0.05) is 23.5 Å². The summed E-state index contributed by atoms with van der Waals surface area (Å²) in [5.41, 5.74) is 2.27. The lowest BCUT2D eigenvalue weighted by Crippen LogP contribution is -2.43. The average molecular weight is 317 g/mol. The smallest absolute Gasteiger partial charge is 0.254 e. The highest BCUT2D eigenvalue weighted by atomic mass is 32.1. The number of aromatic nitrogens is 2. The lowest BCUT2D eigenvalue weighted by atomic mass is 10.1. The Balaban J connectivity index is 1.71. The third kappa shape index (κ3) is 2.93. The lowest BCUT2D eigenvalue weighted by molar-refractivity contribution is -0.122. The first-order valence-electron chi connectivity index (χ1n) is 6.40. The van der Waals surface area contributed by atoms with Gasteiger partial charge in [-0.3, -0.25) is 14.4 Å². The first-order valence-corrected chi connectivity index (χ1v) is 7.28. The van der Waals surface area contributed by atoms with Gasteiger partial charge in [0.1, 0.15) is 11.6 Å². The maximum atomic E-state index is 12.1. The van der Waals surface area contributed by atoms with Gasteiger partial charge in [-0.15, -0.1) is 10.2 Å². The second kappa shape index (κ2) is 5.90. The summed E-state index contributed by atoms with van der Waals surface area (Å²) in [4.78, 5) is 36.1. The fourth-order valence-corrected chi connectivity index (χ4v) is 2.50. The number of hydrogen-bond donors (Lipinski definition) is 3. The molecule has 9 heteroatoms. The number of amides is 3.